The number of piperazine rings is 1. The Hall–Kier alpha value is -2.87. The van der Waals surface area contributed by atoms with Gasteiger partial charge < -0.3 is 19.3 Å². The van der Waals surface area contributed by atoms with Crippen LogP contribution in [0, 0.1) is 12.7 Å². The number of rotatable bonds is 7. The average molecular weight is 486 g/mol. The van der Waals surface area contributed by atoms with Gasteiger partial charge in [0.2, 0.25) is 0 Å². The molecule has 1 aliphatic rings. The quantitative estimate of drug-likeness (QED) is 0.543. The van der Waals surface area contributed by atoms with Crippen molar-refractivity contribution < 1.29 is 14.2 Å². The molecule has 180 valence electrons. The summed E-state index contributed by atoms with van der Waals surface area (Å²) in [5, 5.41) is 11.6. The molecule has 34 heavy (non-hydrogen) atoms. The maximum Gasteiger partial charge on any atom is 0.259 e. The zero-order valence-electron chi connectivity index (χ0n) is 19.4. The predicted molar refractivity (Wildman–Crippen MR) is 132 cm³/mol. The Kier molecular flexibility index (Phi) is 7.56. The molecular weight excluding hydrogens is 457 g/mol. The molecule has 1 fully saturated rings. The molecule has 2 heterocycles. The van der Waals surface area contributed by atoms with Gasteiger partial charge in [0.15, 0.2) is 0 Å². The molecule has 1 atom stereocenters. The Labute approximate surface area is 203 Å². The second kappa shape index (κ2) is 10.6. The van der Waals surface area contributed by atoms with Gasteiger partial charge in [0.25, 0.3) is 5.56 Å². The largest absolute Gasteiger partial charge is 0.507 e. The summed E-state index contributed by atoms with van der Waals surface area (Å²) >= 11 is 6.14. The summed E-state index contributed by atoms with van der Waals surface area (Å²) in [6.07, 6.45) is 0. The molecule has 0 radical (unpaired) electrons. The van der Waals surface area contributed by atoms with Crippen molar-refractivity contribution in [3.8, 4) is 5.75 Å². The summed E-state index contributed by atoms with van der Waals surface area (Å²) in [4.78, 5) is 18.0. The number of pyridine rings is 1. The molecule has 6 nitrogen and oxygen atoms in total. The van der Waals surface area contributed by atoms with E-state index in [4.69, 9.17) is 16.3 Å². The van der Waals surface area contributed by atoms with Gasteiger partial charge >= 0.3 is 0 Å². The van der Waals surface area contributed by atoms with E-state index in [2.05, 4.69) is 9.80 Å². The van der Waals surface area contributed by atoms with Crippen molar-refractivity contribution in [2.45, 2.75) is 19.5 Å². The highest BCUT2D eigenvalue weighted by atomic mass is 35.5. The summed E-state index contributed by atoms with van der Waals surface area (Å²) < 4.78 is 20.2. The first kappa shape index (κ1) is 24.3. The van der Waals surface area contributed by atoms with Crippen molar-refractivity contribution in [2.24, 2.45) is 0 Å². The predicted octanol–water partition coefficient (Wildman–Crippen LogP) is 4.21. The van der Waals surface area contributed by atoms with Crippen LogP contribution in [0.25, 0.3) is 0 Å². The summed E-state index contributed by atoms with van der Waals surface area (Å²) in [7, 11) is 1.60. The summed E-state index contributed by atoms with van der Waals surface area (Å²) in [5.74, 6) is -0.276. The molecule has 3 aromatic rings. The van der Waals surface area contributed by atoms with E-state index in [9.17, 15) is 14.3 Å². The number of hydrogen-bond acceptors (Lipinski definition) is 5. The van der Waals surface area contributed by atoms with Gasteiger partial charge in [-0.15, -0.1) is 0 Å². The van der Waals surface area contributed by atoms with E-state index in [0.717, 1.165) is 11.3 Å². The number of aromatic nitrogens is 1. The third kappa shape index (κ3) is 5.12. The summed E-state index contributed by atoms with van der Waals surface area (Å²) in [6, 6.07) is 15.1. The van der Waals surface area contributed by atoms with Gasteiger partial charge in [0.1, 0.15) is 11.6 Å². The SMILES string of the molecule is COCCn1c(C)cc(O)c([C@@H](c2ccc(Cl)cc2)N2CCN(c3ccc(F)cc3)CC2)c1=O. The third-order valence-corrected chi connectivity index (χ3v) is 6.62. The number of aromatic hydroxyl groups is 1. The first-order valence-corrected chi connectivity index (χ1v) is 11.7. The van der Waals surface area contributed by atoms with Gasteiger partial charge in [-0.25, -0.2) is 4.39 Å². The second-order valence-corrected chi connectivity index (χ2v) is 8.92. The molecule has 4 rings (SSSR count). The normalized spacial score (nSPS) is 15.5. The van der Waals surface area contributed by atoms with Gasteiger partial charge in [0, 0.05) is 56.2 Å². The molecule has 8 heteroatoms. The fourth-order valence-corrected chi connectivity index (χ4v) is 4.71. The van der Waals surface area contributed by atoms with Crippen LogP contribution in [0.2, 0.25) is 5.02 Å². The Bertz CT molecular complexity index is 1170. The van der Waals surface area contributed by atoms with E-state index >= 15 is 0 Å². The van der Waals surface area contributed by atoms with Crippen molar-refractivity contribution in [1.29, 1.82) is 0 Å². The van der Waals surface area contributed by atoms with E-state index in [0.29, 0.717) is 55.6 Å². The topological polar surface area (TPSA) is 57.9 Å². The van der Waals surface area contributed by atoms with Crippen LogP contribution < -0.4 is 10.5 Å². The molecule has 0 saturated carbocycles. The van der Waals surface area contributed by atoms with Crippen LogP contribution in [0.15, 0.2) is 59.4 Å². The van der Waals surface area contributed by atoms with Crippen LogP contribution in [0.1, 0.15) is 22.9 Å². The van der Waals surface area contributed by atoms with Crippen molar-refractivity contribution in [3.05, 3.63) is 92.6 Å². The van der Waals surface area contributed by atoms with Gasteiger partial charge in [0.05, 0.1) is 18.2 Å². The molecule has 0 bridgehead atoms. The van der Waals surface area contributed by atoms with Crippen molar-refractivity contribution >= 4 is 17.3 Å². The Balaban J connectivity index is 1.70. The lowest BCUT2D eigenvalue weighted by Crippen LogP contribution is -2.49. The lowest BCUT2D eigenvalue weighted by atomic mass is 9.96. The molecule has 1 aromatic heterocycles. The van der Waals surface area contributed by atoms with Crippen molar-refractivity contribution in [2.75, 3.05) is 44.8 Å². The van der Waals surface area contributed by atoms with E-state index in [1.165, 1.54) is 12.1 Å². The Morgan fingerprint density at radius 3 is 2.32 bits per heavy atom. The van der Waals surface area contributed by atoms with Gasteiger partial charge in [-0.1, -0.05) is 23.7 Å². The number of nitrogens with zero attached hydrogens (tertiary/aromatic N) is 3. The molecule has 0 spiro atoms. The fraction of sp³-hybridized carbons (Fsp3) is 0.346. The zero-order chi connectivity index (χ0) is 24.2. The van der Waals surface area contributed by atoms with Crippen LogP contribution >= 0.6 is 11.6 Å². The highest BCUT2D eigenvalue weighted by molar-refractivity contribution is 6.30. The number of hydrogen-bond donors (Lipinski definition) is 1. The number of halogens is 2. The Morgan fingerprint density at radius 1 is 1.06 bits per heavy atom. The van der Waals surface area contributed by atoms with Crippen LogP contribution in [0.5, 0.6) is 5.75 Å². The minimum absolute atomic E-state index is 0.0166. The van der Waals surface area contributed by atoms with Gasteiger partial charge in [-0.05, 0) is 55.0 Å². The molecule has 0 unspecified atom stereocenters. The lowest BCUT2D eigenvalue weighted by Gasteiger charge is -2.40. The number of methoxy groups -OCH3 is 1. The lowest BCUT2D eigenvalue weighted by molar-refractivity contribution is 0.183. The van der Waals surface area contributed by atoms with Crippen molar-refractivity contribution in [1.82, 2.24) is 9.47 Å². The third-order valence-electron chi connectivity index (χ3n) is 6.37. The van der Waals surface area contributed by atoms with Crippen LogP contribution in [-0.2, 0) is 11.3 Å². The standard InChI is InChI=1S/C26H29ClFN3O3/c1-18-17-23(32)24(26(33)31(18)15-16-34-2)25(19-3-5-20(27)6-4-19)30-13-11-29(12-14-30)22-9-7-21(28)8-10-22/h3-10,17,25,32H,11-16H2,1-2H3/t25-/m1/s1. The first-order valence-electron chi connectivity index (χ1n) is 11.3. The summed E-state index contributed by atoms with van der Waals surface area (Å²) in [5.41, 5.74) is 2.65. The highest BCUT2D eigenvalue weighted by Gasteiger charge is 2.31. The van der Waals surface area contributed by atoms with Gasteiger partial charge in [-0.3, -0.25) is 9.69 Å². The summed E-state index contributed by atoms with van der Waals surface area (Å²) in [6.45, 7) is 5.35. The monoisotopic (exact) mass is 485 g/mol. The average Bonchev–Trinajstić information content (AvgIpc) is 2.83. The zero-order valence-corrected chi connectivity index (χ0v) is 20.1. The minimum atomic E-state index is -0.436. The Morgan fingerprint density at radius 2 is 1.71 bits per heavy atom. The minimum Gasteiger partial charge on any atom is -0.507 e. The van der Waals surface area contributed by atoms with E-state index in [1.807, 2.05) is 12.1 Å². The fourth-order valence-electron chi connectivity index (χ4n) is 4.58. The van der Waals surface area contributed by atoms with Crippen molar-refractivity contribution in [3.63, 3.8) is 0 Å². The maximum atomic E-state index is 13.6. The van der Waals surface area contributed by atoms with E-state index in [1.54, 1.807) is 48.9 Å². The van der Waals surface area contributed by atoms with Crippen LogP contribution in [0.3, 0.4) is 0 Å². The molecule has 1 saturated heterocycles. The number of ether oxygens (including phenoxy) is 1. The smallest absolute Gasteiger partial charge is 0.259 e. The highest BCUT2D eigenvalue weighted by Crippen LogP contribution is 2.34. The van der Waals surface area contributed by atoms with Crippen LogP contribution in [-0.4, -0.2) is 54.5 Å². The molecular formula is C26H29ClFN3O3. The van der Waals surface area contributed by atoms with E-state index in [-0.39, 0.29) is 17.1 Å². The number of anilines is 1. The van der Waals surface area contributed by atoms with Crippen LogP contribution in [0.4, 0.5) is 10.1 Å². The number of aryl methyl sites for hydroxylation is 1. The molecule has 2 aromatic carbocycles. The molecule has 0 amide bonds. The second-order valence-electron chi connectivity index (χ2n) is 8.49. The molecule has 1 N–H and O–H groups in total. The number of benzene rings is 2. The van der Waals surface area contributed by atoms with E-state index < -0.39 is 6.04 Å². The maximum absolute atomic E-state index is 13.6. The first-order chi connectivity index (χ1) is 16.4. The molecule has 1 aliphatic heterocycles. The molecule has 0 aliphatic carbocycles. The van der Waals surface area contributed by atoms with Gasteiger partial charge in [-0.2, -0.15) is 0 Å².